The van der Waals surface area contributed by atoms with Crippen molar-refractivity contribution in [2.75, 3.05) is 6.61 Å². The van der Waals surface area contributed by atoms with Crippen molar-refractivity contribution in [2.24, 2.45) is 5.16 Å². The molecule has 0 saturated heterocycles. The van der Waals surface area contributed by atoms with E-state index in [0.29, 0.717) is 0 Å². The van der Waals surface area contributed by atoms with Gasteiger partial charge in [-0.25, -0.2) is 0 Å². The van der Waals surface area contributed by atoms with E-state index < -0.39 is 0 Å². The summed E-state index contributed by atoms with van der Waals surface area (Å²) in [5, 5.41) is 6.93. The van der Waals surface area contributed by atoms with Crippen molar-refractivity contribution in [3.8, 4) is 0 Å². The van der Waals surface area contributed by atoms with Crippen LogP contribution in [-0.4, -0.2) is 18.7 Å². The van der Waals surface area contributed by atoms with E-state index in [-0.39, 0.29) is 18.6 Å². The van der Waals surface area contributed by atoms with Gasteiger partial charge in [-0.05, 0) is 29.2 Å². The number of oxime groups is 1. The second kappa shape index (κ2) is 9.34. The maximum atomic E-state index is 12.4. The minimum Gasteiger partial charge on any atom is -0.386 e. The zero-order valence-electron chi connectivity index (χ0n) is 15.2. The van der Waals surface area contributed by atoms with Gasteiger partial charge >= 0.3 is 0 Å². The molecule has 4 nitrogen and oxygen atoms in total. The standard InChI is InChI=1S/C23H22N2O2/c1-18-10-8-9-15-21(18)16-24-27-17-22(26)25-23(19-11-4-2-5-12-19)20-13-6-3-7-14-20/h2-16,23H,17H2,1H3,(H,25,26)/b24-16-. The number of carbonyl (C=O) groups is 1. The highest BCUT2D eigenvalue weighted by molar-refractivity contribution is 5.81. The molecule has 0 aliphatic rings. The molecule has 0 fully saturated rings. The van der Waals surface area contributed by atoms with Crippen molar-refractivity contribution < 1.29 is 9.63 Å². The van der Waals surface area contributed by atoms with Crippen LogP contribution in [0.1, 0.15) is 28.3 Å². The zero-order valence-corrected chi connectivity index (χ0v) is 15.2. The van der Waals surface area contributed by atoms with Crippen molar-refractivity contribution in [1.82, 2.24) is 5.32 Å². The third-order valence-corrected chi connectivity index (χ3v) is 4.22. The first-order chi connectivity index (χ1) is 13.2. The molecule has 0 heterocycles. The van der Waals surface area contributed by atoms with Gasteiger partial charge in [0.15, 0.2) is 6.61 Å². The predicted molar refractivity (Wildman–Crippen MR) is 108 cm³/mol. The molecule has 0 unspecified atom stereocenters. The van der Waals surface area contributed by atoms with Crippen LogP contribution in [0.4, 0.5) is 0 Å². The smallest absolute Gasteiger partial charge is 0.261 e. The van der Waals surface area contributed by atoms with Crippen LogP contribution in [-0.2, 0) is 9.63 Å². The number of carbonyl (C=O) groups excluding carboxylic acids is 1. The van der Waals surface area contributed by atoms with E-state index >= 15 is 0 Å². The Bertz CT molecular complexity index is 853. The number of amides is 1. The van der Waals surface area contributed by atoms with Gasteiger partial charge in [0, 0.05) is 0 Å². The van der Waals surface area contributed by atoms with Crippen LogP contribution in [0.5, 0.6) is 0 Å². The lowest BCUT2D eigenvalue weighted by molar-refractivity contribution is -0.126. The Hall–Kier alpha value is -3.40. The summed E-state index contributed by atoms with van der Waals surface area (Å²) < 4.78 is 0. The number of aryl methyl sites for hydroxylation is 1. The van der Waals surface area contributed by atoms with Gasteiger partial charge in [0.1, 0.15) is 0 Å². The quantitative estimate of drug-likeness (QED) is 0.507. The van der Waals surface area contributed by atoms with Crippen LogP contribution in [0, 0.1) is 6.92 Å². The lowest BCUT2D eigenvalue weighted by Gasteiger charge is -2.19. The summed E-state index contributed by atoms with van der Waals surface area (Å²) in [7, 11) is 0. The summed E-state index contributed by atoms with van der Waals surface area (Å²) in [6.45, 7) is 1.86. The lowest BCUT2D eigenvalue weighted by atomic mass is 9.99. The van der Waals surface area contributed by atoms with Crippen molar-refractivity contribution in [1.29, 1.82) is 0 Å². The molecule has 3 aromatic carbocycles. The van der Waals surface area contributed by atoms with Crippen molar-refractivity contribution in [3.63, 3.8) is 0 Å². The average molecular weight is 358 g/mol. The fourth-order valence-electron chi connectivity index (χ4n) is 2.77. The van der Waals surface area contributed by atoms with E-state index in [4.69, 9.17) is 4.84 Å². The van der Waals surface area contributed by atoms with Crippen LogP contribution in [0.3, 0.4) is 0 Å². The van der Waals surface area contributed by atoms with Gasteiger partial charge in [-0.15, -0.1) is 0 Å². The molecule has 0 bridgehead atoms. The highest BCUT2D eigenvalue weighted by Crippen LogP contribution is 2.21. The molecule has 1 N–H and O–H groups in total. The summed E-state index contributed by atoms with van der Waals surface area (Å²) in [6, 6.07) is 27.3. The monoisotopic (exact) mass is 358 g/mol. The molecule has 27 heavy (non-hydrogen) atoms. The Morgan fingerprint density at radius 2 is 1.48 bits per heavy atom. The molecule has 136 valence electrons. The lowest BCUT2D eigenvalue weighted by Crippen LogP contribution is -2.31. The Morgan fingerprint density at radius 1 is 0.926 bits per heavy atom. The van der Waals surface area contributed by atoms with Crippen molar-refractivity contribution in [2.45, 2.75) is 13.0 Å². The van der Waals surface area contributed by atoms with E-state index in [2.05, 4.69) is 10.5 Å². The normalized spacial score (nSPS) is 10.9. The van der Waals surface area contributed by atoms with Crippen LogP contribution in [0.15, 0.2) is 90.1 Å². The minimum atomic E-state index is -0.233. The largest absolute Gasteiger partial charge is 0.386 e. The SMILES string of the molecule is Cc1ccccc1/C=N\OCC(=O)NC(c1ccccc1)c1ccccc1. The fourth-order valence-corrected chi connectivity index (χ4v) is 2.77. The highest BCUT2D eigenvalue weighted by atomic mass is 16.6. The molecule has 0 aliphatic heterocycles. The molecular formula is C23H22N2O2. The topological polar surface area (TPSA) is 50.7 Å². The number of nitrogens with zero attached hydrogens (tertiary/aromatic N) is 1. The molecule has 3 rings (SSSR count). The Labute approximate surface area is 159 Å². The summed E-state index contributed by atoms with van der Waals surface area (Å²) in [6.07, 6.45) is 1.62. The number of benzene rings is 3. The molecular weight excluding hydrogens is 336 g/mol. The number of hydrogen-bond donors (Lipinski definition) is 1. The third kappa shape index (κ3) is 5.28. The average Bonchev–Trinajstić information content (AvgIpc) is 2.72. The zero-order chi connectivity index (χ0) is 18.9. The van der Waals surface area contributed by atoms with Crippen LogP contribution in [0.25, 0.3) is 0 Å². The Balaban J connectivity index is 1.62. The fraction of sp³-hybridized carbons (Fsp3) is 0.130. The van der Waals surface area contributed by atoms with Crippen molar-refractivity contribution >= 4 is 12.1 Å². The molecule has 0 aromatic heterocycles. The number of nitrogens with one attached hydrogen (secondary N) is 1. The van der Waals surface area contributed by atoms with E-state index in [9.17, 15) is 4.79 Å². The molecule has 0 aliphatic carbocycles. The van der Waals surface area contributed by atoms with Gasteiger partial charge in [0.2, 0.25) is 0 Å². The molecule has 1 amide bonds. The molecule has 0 spiro atoms. The van der Waals surface area contributed by atoms with E-state index in [1.54, 1.807) is 6.21 Å². The van der Waals surface area contributed by atoms with Gasteiger partial charge < -0.3 is 10.2 Å². The van der Waals surface area contributed by atoms with E-state index in [0.717, 1.165) is 22.3 Å². The number of hydrogen-bond acceptors (Lipinski definition) is 3. The minimum absolute atomic E-state index is 0.140. The molecule has 0 saturated carbocycles. The molecule has 0 atom stereocenters. The molecule has 0 radical (unpaired) electrons. The Kier molecular flexibility index (Phi) is 6.36. The third-order valence-electron chi connectivity index (χ3n) is 4.22. The van der Waals surface area contributed by atoms with Gasteiger partial charge in [-0.1, -0.05) is 90.1 Å². The van der Waals surface area contributed by atoms with Crippen LogP contribution in [0.2, 0.25) is 0 Å². The first-order valence-electron chi connectivity index (χ1n) is 8.84. The van der Waals surface area contributed by atoms with Gasteiger partial charge in [0.05, 0.1) is 12.3 Å². The van der Waals surface area contributed by atoms with E-state index in [1.165, 1.54) is 0 Å². The van der Waals surface area contributed by atoms with Crippen molar-refractivity contribution in [3.05, 3.63) is 107 Å². The highest BCUT2D eigenvalue weighted by Gasteiger charge is 2.16. The van der Waals surface area contributed by atoms with Gasteiger partial charge in [-0.3, -0.25) is 4.79 Å². The number of rotatable bonds is 7. The van der Waals surface area contributed by atoms with Crippen LogP contribution < -0.4 is 5.32 Å². The Morgan fingerprint density at radius 3 is 2.07 bits per heavy atom. The second-order valence-corrected chi connectivity index (χ2v) is 6.19. The predicted octanol–water partition coefficient (Wildman–Crippen LogP) is 4.25. The maximum Gasteiger partial charge on any atom is 0.261 e. The second-order valence-electron chi connectivity index (χ2n) is 6.19. The van der Waals surface area contributed by atoms with Crippen LogP contribution >= 0.6 is 0 Å². The summed E-state index contributed by atoms with van der Waals surface area (Å²) >= 11 is 0. The molecule has 4 heteroatoms. The van der Waals surface area contributed by atoms with E-state index in [1.807, 2.05) is 91.9 Å². The maximum absolute atomic E-state index is 12.4. The summed E-state index contributed by atoms with van der Waals surface area (Å²) in [4.78, 5) is 17.6. The van der Waals surface area contributed by atoms with Gasteiger partial charge in [-0.2, -0.15) is 0 Å². The first kappa shape index (κ1) is 18.4. The van der Waals surface area contributed by atoms with Gasteiger partial charge in [0.25, 0.3) is 5.91 Å². The summed E-state index contributed by atoms with van der Waals surface area (Å²) in [5.41, 5.74) is 4.09. The first-order valence-corrected chi connectivity index (χ1v) is 8.84. The molecule has 3 aromatic rings. The summed E-state index contributed by atoms with van der Waals surface area (Å²) in [5.74, 6) is -0.227.